The zero-order valence-corrected chi connectivity index (χ0v) is 6.89. The van der Waals surface area contributed by atoms with E-state index in [1.54, 1.807) is 6.26 Å². The minimum absolute atomic E-state index is 0.731. The van der Waals surface area contributed by atoms with Crippen LogP contribution >= 0.6 is 0 Å². The molecule has 0 saturated heterocycles. The molecule has 0 spiro atoms. The summed E-state index contributed by atoms with van der Waals surface area (Å²) in [5.41, 5.74) is 2.95. The fourth-order valence-electron chi connectivity index (χ4n) is 0.569. The normalized spacial score (nSPS) is 8.20. The Morgan fingerprint density at radius 1 is 1.40 bits per heavy atom. The van der Waals surface area contributed by atoms with Crippen LogP contribution in [0.5, 0.6) is 0 Å². The molecule has 0 bridgehead atoms. The third-order valence-corrected chi connectivity index (χ3v) is 1.14. The Kier molecular flexibility index (Phi) is 7.75. The Bertz CT molecular complexity index is 110. The lowest BCUT2D eigenvalue weighted by atomic mass is 10.2. The van der Waals surface area contributed by atoms with E-state index in [-0.39, 0.29) is 0 Å². The maximum Gasteiger partial charge on any atom is 0.125 e. The van der Waals surface area contributed by atoms with Gasteiger partial charge in [-0.1, -0.05) is 19.1 Å². The van der Waals surface area contributed by atoms with E-state index in [1.165, 1.54) is 12.8 Å². The fraction of sp³-hybridized carbons (Fsp3) is 0.667. The van der Waals surface area contributed by atoms with Crippen molar-refractivity contribution < 1.29 is 4.74 Å². The minimum atomic E-state index is 0.731. The molecule has 0 N–H and O–H groups in total. The summed E-state index contributed by atoms with van der Waals surface area (Å²) in [6.45, 7) is 4.87. The summed E-state index contributed by atoms with van der Waals surface area (Å²) in [5, 5.41) is 0. The molecule has 1 heteroatoms. The molecule has 0 saturated carbocycles. The van der Waals surface area contributed by atoms with Crippen LogP contribution < -0.4 is 0 Å². The van der Waals surface area contributed by atoms with Crippen molar-refractivity contribution in [3.8, 4) is 0 Å². The van der Waals surface area contributed by atoms with Crippen molar-refractivity contribution in [2.24, 2.45) is 0 Å². The maximum absolute atomic E-state index is 4.95. The summed E-state index contributed by atoms with van der Waals surface area (Å²) in [7, 11) is 0. The second-order valence-electron chi connectivity index (χ2n) is 2.09. The molecule has 0 unspecified atom stereocenters. The molecule has 58 valence electrons. The van der Waals surface area contributed by atoms with E-state index < -0.39 is 0 Å². The van der Waals surface area contributed by atoms with Gasteiger partial charge in [-0.2, -0.15) is 0 Å². The lowest BCUT2D eigenvalue weighted by Gasteiger charge is -1.87. The van der Waals surface area contributed by atoms with Crippen molar-refractivity contribution in [1.82, 2.24) is 0 Å². The first-order chi connectivity index (χ1) is 4.91. The number of hydrogen-bond donors (Lipinski definition) is 0. The summed E-state index contributed by atoms with van der Waals surface area (Å²) in [4.78, 5) is 0. The standard InChI is InChI=1S/C9H16O/c1-3-5-6-7-8-9-10-4-2/h7,9H,3-6H2,1-2H3. The molecule has 0 heterocycles. The maximum atomic E-state index is 4.95. The summed E-state index contributed by atoms with van der Waals surface area (Å²) in [6.07, 6.45) is 7.23. The number of rotatable bonds is 5. The van der Waals surface area contributed by atoms with Gasteiger partial charge in [-0.15, -0.1) is 0 Å². The fourth-order valence-corrected chi connectivity index (χ4v) is 0.569. The molecule has 10 heavy (non-hydrogen) atoms. The van der Waals surface area contributed by atoms with Crippen molar-refractivity contribution in [2.45, 2.75) is 33.1 Å². The van der Waals surface area contributed by atoms with Crippen LogP contribution in [0.1, 0.15) is 33.1 Å². The second kappa shape index (κ2) is 8.32. The number of allylic oxidation sites excluding steroid dienone is 1. The van der Waals surface area contributed by atoms with Crippen LogP contribution in [0.15, 0.2) is 18.1 Å². The molecule has 0 aromatic rings. The van der Waals surface area contributed by atoms with Gasteiger partial charge in [0.1, 0.15) is 6.26 Å². The monoisotopic (exact) mass is 140 g/mol. The van der Waals surface area contributed by atoms with Gasteiger partial charge in [0.2, 0.25) is 0 Å². The predicted octanol–water partition coefficient (Wildman–Crippen LogP) is 2.88. The van der Waals surface area contributed by atoms with E-state index in [1.807, 2.05) is 13.0 Å². The SMILES string of the molecule is CCCCC=C=COCC. The van der Waals surface area contributed by atoms with E-state index in [9.17, 15) is 0 Å². The highest BCUT2D eigenvalue weighted by atomic mass is 16.5. The highest BCUT2D eigenvalue weighted by Gasteiger charge is 1.74. The lowest BCUT2D eigenvalue weighted by molar-refractivity contribution is 0.270. The highest BCUT2D eigenvalue weighted by Crippen LogP contribution is 1.93. The van der Waals surface area contributed by atoms with Gasteiger partial charge in [0, 0.05) is 0 Å². The van der Waals surface area contributed by atoms with E-state index in [4.69, 9.17) is 4.74 Å². The first-order valence-corrected chi connectivity index (χ1v) is 3.92. The largest absolute Gasteiger partial charge is 0.493 e. The molecule has 0 rings (SSSR count). The van der Waals surface area contributed by atoms with Crippen LogP contribution in [0, 0.1) is 0 Å². The predicted molar refractivity (Wildman–Crippen MR) is 43.8 cm³/mol. The molecule has 0 amide bonds. The molecular weight excluding hydrogens is 124 g/mol. The van der Waals surface area contributed by atoms with Crippen molar-refractivity contribution >= 4 is 0 Å². The Labute approximate surface area is 63.4 Å². The third-order valence-electron chi connectivity index (χ3n) is 1.14. The summed E-state index contributed by atoms with van der Waals surface area (Å²) >= 11 is 0. The smallest absolute Gasteiger partial charge is 0.125 e. The van der Waals surface area contributed by atoms with Gasteiger partial charge in [-0.3, -0.25) is 0 Å². The van der Waals surface area contributed by atoms with Gasteiger partial charge in [0.15, 0.2) is 0 Å². The van der Waals surface area contributed by atoms with Gasteiger partial charge in [-0.05, 0) is 25.8 Å². The van der Waals surface area contributed by atoms with Crippen molar-refractivity contribution in [1.29, 1.82) is 0 Å². The minimum Gasteiger partial charge on any atom is -0.493 e. The zero-order chi connectivity index (χ0) is 7.66. The van der Waals surface area contributed by atoms with Gasteiger partial charge in [-0.25, -0.2) is 0 Å². The summed E-state index contributed by atoms with van der Waals surface area (Å²) in [5.74, 6) is 0. The highest BCUT2D eigenvalue weighted by molar-refractivity contribution is 4.78. The lowest BCUT2D eigenvalue weighted by Crippen LogP contribution is -1.73. The third kappa shape index (κ3) is 7.32. The van der Waals surface area contributed by atoms with Gasteiger partial charge >= 0.3 is 0 Å². The Morgan fingerprint density at radius 2 is 2.20 bits per heavy atom. The molecule has 0 fully saturated rings. The van der Waals surface area contributed by atoms with Gasteiger partial charge in [0.05, 0.1) is 6.61 Å². The van der Waals surface area contributed by atoms with E-state index in [2.05, 4.69) is 12.7 Å². The molecule has 0 radical (unpaired) electrons. The number of hydrogen-bond acceptors (Lipinski definition) is 1. The van der Waals surface area contributed by atoms with Crippen molar-refractivity contribution in [3.63, 3.8) is 0 Å². The molecule has 1 nitrogen and oxygen atoms in total. The summed E-state index contributed by atoms with van der Waals surface area (Å²) in [6, 6.07) is 0. The first kappa shape index (κ1) is 9.32. The van der Waals surface area contributed by atoms with Crippen LogP contribution in [0.25, 0.3) is 0 Å². The Balaban J connectivity index is 3.17. The molecule has 0 aliphatic carbocycles. The topological polar surface area (TPSA) is 9.23 Å². The van der Waals surface area contributed by atoms with Crippen LogP contribution in [0.2, 0.25) is 0 Å². The van der Waals surface area contributed by atoms with E-state index >= 15 is 0 Å². The molecule has 0 aromatic carbocycles. The van der Waals surface area contributed by atoms with Crippen LogP contribution in [-0.2, 0) is 4.74 Å². The summed E-state index contributed by atoms with van der Waals surface area (Å²) < 4.78 is 4.95. The molecule has 0 aliphatic rings. The number of unbranched alkanes of at least 4 members (excludes halogenated alkanes) is 2. The van der Waals surface area contributed by atoms with Crippen molar-refractivity contribution in [2.75, 3.05) is 6.61 Å². The first-order valence-electron chi connectivity index (χ1n) is 3.92. The van der Waals surface area contributed by atoms with Crippen LogP contribution in [0.4, 0.5) is 0 Å². The molecular formula is C9H16O. The van der Waals surface area contributed by atoms with Gasteiger partial charge < -0.3 is 4.74 Å². The average Bonchev–Trinajstić information content (AvgIpc) is 1.97. The van der Waals surface area contributed by atoms with Crippen LogP contribution in [0.3, 0.4) is 0 Å². The zero-order valence-electron chi connectivity index (χ0n) is 6.89. The van der Waals surface area contributed by atoms with Crippen molar-refractivity contribution in [3.05, 3.63) is 18.1 Å². The van der Waals surface area contributed by atoms with Crippen LogP contribution in [-0.4, -0.2) is 6.61 Å². The molecule has 0 aromatic heterocycles. The quantitative estimate of drug-likeness (QED) is 0.324. The molecule has 0 aliphatic heterocycles. The number of ether oxygens (including phenoxy) is 1. The average molecular weight is 140 g/mol. The van der Waals surface area contributed by atoms with E-state index in [0.717, 1.165) is 13.0 Å². The second-order valence-corrected chi connectivity index (χ2v) is 2.09. The Hall–Kier alpha value is -0.680. The Morgan fingerprint density at radius 3 is 2.80 bits per heavy atom. The van der Waals surface area contributed by atoms with E-state index in [0.29, 0.717) is 0 Å². The molecule has 0 atom stereocenters. The van der Waals surface area contributed by atoms with Gasteiger partial charge in [0.25, 0.3) is 0 Å².